The van der Waals surface area contributed by atoms with Gasteiger partial charge in [-0.15, -0.1) is 0 Å². The normalized spacial score (nSPS) is 16.4. The van der Waals surface area contributed by atoms with Gasteiger partial charge in [0.2, 0.25) is 0 Å². The average molecular weight is 333 g/mol. The molecule has 0 rings (SSSR count). The Morgan fingerprint density at radius 1 is 0.591 bits per heavy atom. The van der Waals surface area contributed by atoms with Crippen LogP contribution in [0.5, 0.6) is 0 Å². The van der Waals surface area contributed by atoms with Crippen molar-refractivity contribution < 1.29 is 11.4 Å². The molecular formula is C15H36AlN3O3. The van der Waals surface area contributed by atoms with Crippen molar-refractivity contribution in [2.45, 2.75) is 39.1 Å². The average Bonchev–Trinajstić information content (AvgIpc) is 2.23. The molecule has 132 valence electrons. The fourth-order valence-corrected chi connectivity index (χ4v) is 3.93. The van der Waals surface area contributed by atoms with Crippen LogP contribution in [0.1, 0.15) is 20.8 Å². The van der Waals surface area contributed by atoms with E-state index in [0.29, 0.717) is 0 Å². The van der Waals surface area contributed by atoms with Crippen molar-refractivity contribution in [2.75, 3.05) is 61.9 Å². The second-order valence-electron chi connectivity index (χ2n) is 6.92. The lowest BCUT2D eigenvalue weighted by atomic mass is 10.4. The first kappa shape index (κ1) is 22.3. The molecule has 0 saturated carbocycles. The molecule has 0 N–H and O–H groups in total. The van der Waals surface area contributed by atoms with E-state index in [1.807, 2.05) is 42.3 Å². The van der Waals surface area contributed by atoms with Crippen molar-refractivity contribution >= 4 is 15.1 Å². The minimum Gasteiger partial charge on any atom is -0.451 e. The van der Waals surface area contributed by atoms with Gasteiger partial charge in [0.25, 0.3) is 0 Å². The summed E-state index contributed by atoms with van der Waals surface area (Å²) in [6, 6.07) is 0. The lowest BCUT2D eigenvalue weighted by molar-refractivity contribution is 0.00523. The first-order valence-corrected chi connectivity index (χ1v) is 9.42. The van der Waals surface area contributed by atoms with Crippen molar-refractivity contribution in [3.8, 4) is 0 Å². The van der Waals surface area contributed by atoms with Crippen LogP contribution < -0.4 is 0 Å². The molecule has 0 bridgehead atoms. The van der Waals surface area contributed by atoms with E-state index in [0.717, 1.165) is 19.6 Å². The lowest BCUT2D eigenvalue weighted by Gasteiger charge is -2.27. The molecule has 0 aromatic heterocycles. The molecule has 7 heteroatoms. The largest absolute Gasteiger partial charge is 0.906 e. The summed E-state index contributed by atoms with van der Waals surface area (Å²) in [7, 11) is 12.3. The first-order valence-electron chi connectivity index (χ1n) is 8.00. The zero-order valence-electron chi connectivity index (χ0n) is 16.0. The van der Waals surface area contributed by atoms with E-state index in [2.05, 4.69) is 35.5 Å². The Hall–Kier alpha value is 0.292. The van der Waals surface area contributed by atoms with Gasteiger partial charge in [0.05, 0.1) is 0 Å². The van der Waals surface area contributed by atoms with E-state index in [1.54, 1.807) is 0 Å². The minimum absolute atomic E-state index is 0.102. The van der Waals surface area contributed by atoms with Crippen molar-refractivity contribution in [2.24, 2.45) is 0 Å². The van der Waals surface area contributed by atoms with Crippen molar-refractivity contribution in [3.63, 3.8) is 0 Å². The van der Waals surface area contributed by atoms with E-state index in [9.17, 15) is 0 Å². The second-order valence-corrected chi connectivity index (χ2v) is 8.31. The Morgan fingerprint density at radius 2 is 0.818 bits per heavy atom. The molecule has 0 aliphatic carbocycles. The monoisotopic (exact) mass is 333 g/mol. The van der Waals surface area contributed by atoms with Crippen LogP contribution in [0.15, 0.2) is 0 Å². The highest BCUT2D eigenvalue weighted by molar-refractivity contribution is 6.36. The van der Waals surface area contributed by atoms with Crippen LogP contribution in [0.3, 0.4) is 0 Å². The number of rotatable bonds is 12. The van der Waals surface area contributed by atoms with Crippen LogP contribution in [0.25, 0.3) is 0 Å². The van der Waals surface area contributed by atoms with Gasteiger partial charge in [-0.25, -0.2) is 0 Å². The number of hydrogen-bond acceptors (Lipinski definition) is 6. The van der Waals surface area contributed by atoms with Gasteiger partial charge in [-0.2, -0.15) is 0 Å². The van der Waals surface area contributed by atoms with Gasteiger partial charge in [-0.1, -0.05) is 0 Å². The quantitative estimate of drug-likeness (QED) is 0.494. The maximum atomic E-state index is 6.08. The highest BCUT2D eigenvalue weighted by Gasteiger charge is 2.37. The third-order valence-corrected chi connectivity index (χ3v) is 4.96. The summed E-state index contributed by atoms with van der Waals surface area (Å²) < 4.78 is 18.2. The van der Waals surface area contributed by atoms with Gasteiger partial charge in [-0.3, -0.25) is 0 Å². The van der Waals surface area contributed by atoms with Gasteiger partial charge in [0, 0.05) is 37.9 Å². The SMILES string of the molecule is CC(CN(C)C)[O][Al]([O]C(C)CN(C)C)[O]C(C)CN(C)C. The zero-order chi connectivity index (χ0) is 17.3. The summed E-state index contributed by atoms with van der Waals surface area (Å²) in [5.41, 5.74) is 0. The molecule has 0 spiro atoms. The highest BCUT2D eigenvalue weighted by atomic mass is 27.3. The molecule has 0 aromatic carbocycles. The van der Waals surface area contributed by atoms with Crippen LogP contribution in [0.2, 0.25) is 0 Å². The van der Waals surface area contributed by atoms with E-state index < -0.39 is 15.1 Å². The Balaban J connectivity index is 4.53. The van der Waals surface area contributed by atoms with Crippen LogP contribution in [-0.4, -0.2) is 110 Å². The molecule has 3 atom stereocenters. The predicted molar refractivity (Wildman–Crippen MR) is 93.1 cm³/mol. The molecule has 22 heavy (non-hydrogen) atoms. The molecular weight excluding hydrogens is 297 g/mol. The molecule has 0 amide bonds. The number of hydrogen-bond donors (Lipinski definition) is 0. The fraction of sp³-hybridized carbons (Fsp3) is 1.00. The fourth-order valence-electron chi connectivity index (χ4n) is 2.34. The Morgan fingerprint density at radius 3 is 1.00 bits per heavy atom. The van der Waals surface area contributed by atoms with E-state index in [4.69, 9.17) is 11.4 Å². The summed E-state index contributed by atoms with van der Waals surface area (Å²) >= 11 is -2.16. The first-order chi connectivity index (χ1) is 10.1. The third kappa shape index (κ3) is 12.8. The van der Waals surface area contributed by atoms with Gasteiger partial charge in [0.1, 0.15) is 0 Å². The summed E-state index contributed by atoms with van der Waals surface area (Å²) in [4.78, 5) is 6.34. The molecule has 3 unspecified atom stereocenters. The summed E-state index contributed by atoms with van der Waals surface area (Å²) in [5.74, 6) is 0. The molecule has 0 heterocycles. The van der Waals surface area contributed by atoms with Crippen LogP contribution in [0.4, 0.5) is 0 Å². The summed E-state index contributed by atoms with van der Waals surface area (Å²) in [5, 5.41) is 0. The van der Waals surface area contributed by atoms with Gasteiger partial charge in [0.15, 0.2) is 0 Å². The van der Waals surface area contributed by atoms with Gasteiger partial charge >= 0.3 is 15.1 Å². The number of likely N-dealkylation sites (N-methyl/N-ethyl adjacent to an activating group) is 3. The highest BCUT2D eigenvalue weighted by Crippen LogP contribution is 2.07. The lowest BCUT2D eigenvalue weighted by Crippen LogP contribution is -2.43. The standard InChI is InChI=1S/3C5H12NO.Al/c3*1-5(7)4-6(2)3;/h3*5H,4H2,1-3H3;/q3*-1;+3. The molecule has 6 nitrogen and oxygen atoms in total. The molecule has 0 radical (unpaired) electrons. The second kappa shape index (κ2) is 11.8. The van der Waals surface area contributed by atoms with E-state index in [-0.39, 0.29) is 18.3 Å². The molecule has 0 aliphatic rings. The molecule has 0 aliphatic heterocycles. The molecule has 0 fully saturated rings. The Bertz CT molecular complexity index is 238. The minimum atomic E-state index is -2.16. The van der Waals surface area contributed by atoms with Crippen LogP contribution in [-0.2, 0) is 11.4 Å². The van der Waals surface area contributed by atoms with Crippen LogP contribution in [0, 0.1) is 0 Å². The van der Waals surface area contributed by atoms with Crippen molar-refractivity contribution in [1.82, 2.24) is 14.7 Å². The Labute approximate surface area is 142 Å². The van der Waals surface area contributed by atoms with Crippen LogP contribution >= 0.6 is 0 Å². The Kier molecular flexibility index (Phi) is 11.9. The maximum Gasteiger partial charge on any atom is 0.906 e. The summed E-state index contributed by atoms with van der Waals surface area (Å²) in [6.07, 6.45) is 0.305. The molecule has 0 saturated heterocycles. The van der Waals surface area contributed by atoms with E-state index >= 15 is 0 Å². The zero-order valence-corrected chi connectivity index (χ0v) is 17.2. The predicted octanol–water partition coefficient (Wildman–Crippen LogP) is 0.871. The topological polar surface area (TPSA) is 37.4 Å². The number of nitrogens with zero attached hydrogens (tertiary/aromatic N) is 3. The van der Waals surface area contributed by atoms with Gasteiger partial charge < -0.3 is 26.1 Å². The van der Waals surface area contributed by atoms with E-state index in [1.165, 1.54) is 0 Å². The molecule has 0 aromatic rings. The smallest absolute Gasteiger partial charge is 0.451 e. The third-order valence-electron chi connectivity index (χ3n) is 2.90. The van der Waals surface area contributed by atoms with Crippen molar-refractivity contribution in [3.05, 3.63) is 0 Å². The maximum absolute atomic E-state index is 6.08. The summed E-state index contributed by atoms with van der Waals surface area (Å²) in [6.45, 7) is 8.79. The van der Waals surface area contributed by atoms with Crippen molar-refractivity contribution in [1.29, 1.82) is 0 Å². The van der Waals surface area contributed by atoms with Gasteiger partial charge in [-0.05, 0) is 63.1 Å².